The van der Waals surface area contributed by atoms with Gasteiger partial charge in [0.05, 0.1) is 12.3 Å². The van der Waals surface area contributed by atoms with Crippen molar-refractivity contribution < 1.29 is 23.5 Å². The molecule has 0 aliphatic heterocycles. The van der Waals surface area contributed by atoms with Crippen LogP contribution in [0.4, 0.5) is 5.69 Å². The molecule has 1 amide bonds. The zero-order valence-corrected chi connectivity index (χ0v) is 16.6. The lowest BCUT2D eigenvalue weighted by molar-refractivity contribution is 0.102. The van der Waals surface area contributed by atoms with Crippen LogP contribution in [-0.4, -0.2) is 36.4 Å². The average Bonchev–Trinajstić information content (AvgIpc) is 3.14. The number of anilines is 1. The second-order valence-electron chi connectivity index (χ2n) is 6.34. The fraction of sp³-hybridized carbons (Fsp3) is 0.286. The Morgan fingerprint density at radius 3 is 2.55 bits per heavy atom. The first-order valence-corrected chi connectivity index (χ1v) is 9.11. The van der Waals surface area contributed by atoms with Gasteiger partial charge in [0.25, 0.3) is 5.91 Å². The number of carbonyl (C=O) groups is 1. The quantitative estimate of drug-likeness (QED) is 0.552. The van der Waals surface area contributed by atoms with Crippen molar-refractivity contribution >= 4 is 11.6 Å². The van der Waals surface area contributed by atoms with Gasteiger partial charge in [0.15, 0.2) is 6.61 Å². The lowest BCUT2D eigenvalue weighted by Crippen LogP contribution is -2.14. The average molecular weight is 397 g/mol. The number of amides is 1. The summed E-state index contributed by atoms with van der Waals surface area (Å²) < 4.78 is 21.2. The van der Waals surface area contributed by atoms with Crippen LogP contribution in [-0.2, 0) is 11.3 Å². The monoisotopic (exact) mass is 397 g/mol. The molecular weight excluding hydrogens is 374 g/mol. The molecule has 0 spiro atoms. The molecule has 3 aromatic rings. The minimum absolute atomic E-state index is 0.189. The van der Waals surface area contributed by atoms with Gasteiger partial charge in [-0.3, -0.25) is 4.79 Å². The molecule has 2 aromatic carbocycles. The van der Waals surface area contributed by atoms with E-state index in [1.54, 1.807) is 38.3 Å². The first kappa shape index (κ1) is 20.3. The molecule has 1 heterocycles. The summed E-state index contributed by atoms with van der Waals surface area (Å²) in [6, 6.07) is 12.4. The van der Waals surface area contributed by atoms with Gasteiger partial charge in [-0.2, -0.15) is 4.98 Å². The Bertz CT molecular complexity index is 953. The van der Waals surface area contributed by atoms with Crippen molar-refractivity contribution in [2.75, 3.05) is 25.6 Å². The van der Waals surface area contributed by atoms with Crippen LogP contribution in [0.25, 0.3) is 0 Å². The molecule has 0 aliphatic rings. The van der Waals surface area contributed by atoms with Crippen LogP contribution in [0.3, 0.4) is 0 Å². The molecule has 1 N–H and O–H groups in total. The lowest BCUT2D eigenvalue weighted by Gasteiger charge is -2.13. The minimum Gasteiger partial charge on any atom is -0.489 e. The van der Waals surface area contributed by atoms with Crippen molar-refractivity contribution in [2.24, 2.45) is 0 Å². The predicted molar refractivity (Wildman–Crippen MR) is 106 cm³/mol. The zero-order chi connectivity index (χ0) is 20.6. The van der Waals surface area contributed by atoms with Gasteiger partial charge in [-0.25, -0.2) is 0 Å². The highest BCUT2D eigenvalue weighted by molar-refractivity contribution is 6.05. The van der Waals surface area contributed by atoms with Gasteiger partial charge in [-0.15, -0.1) is 0 Å². The highest BCUT2D eigenvalue weighted by Gasteiger charge is 2.11. The van der Waals surface area contributed by atoms with Crippen LogP contribution in [0.15, 0.2) is 47.0 Å². The van der Waals surface area contributed by atoms with Crippen LogP contribution in [0, 0.1) is 13.8 Å². The second kappa shape index (κ2) is 9.70. The van der Waals surface area contributed by atoms with E-state index in [9.17, 15) is 4.79 Å². The predicted octanol–water partition coefficient (Wildman–Crippen LogP) is 3.54. The van der Waals surface area contributed by atoms with E-state index in [0.29, 0.717) is 47.7 Å². The van der Waals surface area contributed by atoms with Crippen molar-refractivity contribution in [2.45, 2.75) is 20.5 Å². The largest absolute Gasteiger partial charge is 0.489 e. The van der Waals surface area contributed by atoms with Gasteiger partial charge in [-0.1, -0.05) is 11.2 Å². The molecule has 0 unspecified atom stereocenters. The summed E-state index contributed by atoms with van der Waals surface area (Å²) in [7, 11) is 1.61. The van der Waals surface area contributed by atoms with E-state index in [4.69, 9.17) is 18.7 Å². The number of ether oxygens (including phenoxy) is 3. The Labute approximate surface area is 168 Å². The van der Waals surface area contributed by atoms with Gasteiger partial charge in [0, 0.05) is 19.6 Å². The Kier molecular flexibility index (Phi) is 6.80. The van der Waals surface area contributed by atoms with E-state index in [0.717, 1.165) is 5.56 Å². The van der Waals surface area contributed by atoms with Crippen LogP contribution in [0.5, 0.6) is 11.5 Å². The normalized spacial score (nSPS) is 10.6. The smallest absolute Gasteiger partial charge is 0.255 e. The zero-order valence-electron chi connectivity index (χ0n) is 16.6. The first-order chi connectivity index (χ1) is 14.0. The van der Waals surface area contributed by atoms with E-state index in [-0.39, 0.29) is 12.5 Å². The molecule has 0 saturated heterocycles. The molecule has 0 bridgehead atoms. The number of hydrogen-bond donors (Lipinski definition) is 1. The van der Waals surface area contributed by atoms with Crippen molar-refractivity contribution in [3.05, 3.63) is 65.3 Å². The van der Waals surface area contributed by atoms with Gasteiger partial charge >= 0.3 is 0 Å². The molecule has 0 fully saturated rings. The van der Waals surface area contributed by atoms with Gasteiger partial charge in [0.2, 0.25) is 11.7 Å². The SMILES string of the molecule is COCCOc1cc(C)ccc1NC(=O)c1ccc(OCc2noc(C)n2)cc1. The third-order valence-corrected chi connectivity index (χ3v) is 3.98. The highest BCUT2D eigenvalue weighted by atomic mass is 16.5. The summed E-state index contributed by atoms with van der Waals surface area (Å²) in [5, 5.41) is 6.65. The summed E-state index contributed by atoms with van der Waals surface area (Å²) in [5.74, 6) is 1.90. The molecule has 1 aromatic heterocycles. The summed E-state index contributed by atoms with van der Waals surface area (Å²) in [6.45, 7) is 4.73. The third-order valence-electron chi connectivity index (χ3n) is 3.98. The van der Waals surface area contributed by atoms with Crippen molar-refractivity contribution in [1.29, 1.82) is 0 Å². The maximum Gasteiger partial charge on any atom is 0.255 e. The van der Waals surface area contributed by atoms with Crippen LogP contribution >= 0.6 is 0 Å². The minimum atomic E-state index is -0.245. The fourth-order valence-electron chi connectivity index (χ4n) is 2.53. The van der Waals surface area contributed by atoms with Crippen molar-refractivity contribution in [3.8, 4) is 11.5 Å². The van der Waals surface area contributed by atoms with E-state index in [1.807, 2.05) is 25.1 Å². The number of carbonyl (C=O) groups excluding carboxylic acids is 1. The van der Waals surface area contributed by atoms with Crippen molar-refractivity contribution in [1.82, 2.24) is 10.1 Å². The Morgan fingerprint density at radius 1 is 1.07 bits per heavy atom. The number of nitrogens with one attached hydrogen (secondary N) is 1. The Morgan fingerprint density at radius 2 is 1.86 bits per heavy atom. The molecule has 152 valence electrons. The molecule has 8 heteroatoms. The fourth-order valence-corrected chi connectivity index (χ4v) is 2.53. The number of aromatic nitrogens is 2. The molecule has 0 aliphatic carbocycles. The summed E-state index contributed by atoms with van der Waals surface area (Å²) >= 11 is 0. The lowest BCUT2D eigenvalue weighted by atomic mass is 10.1. The molecule has 8 nitrogen and oxygen atoms in total. The highest BCUT2D eigenvalue weighted by Crippen LogP contribution is 2.26. The number of methoxy groups -OCH3 is 1. The van der Waals surface area contributed by atoms with E-state index in [2.05, 4.69) is 15.5 Å². The van der Waals surface area contributed by atoms with E-state index >= 15 is 0 Å². The number of nitrogens with zero attached hydrogens (tertiary/aromatic N) is 2. The van der Waals surface area contributed by atoms with Crippen LogP contribution in [0.1, 0.15) is 27.6 Å². The number of rotatable bonds is 9. The summed E-state index contributed by atoms with van der Waals surface area (Å²) in [6.07, 6.45) is 0. The molecule has 0 saturated carbocycles. The maximum atomic E-state index is 12.6. The molecule has 0 radical (unpaired) electrons. The number of aryl methyl sites for hydroxylation is 2. The topological polar surface area (TPSA) is 95.7 Å². The number of hydrogen-bond acceptors (Lipinski definition) is 7. The second-order valence-corrected chi connectivity index (χ2v) is 6.34. The van der Waals surface area contributed by atoms with Crippen LogP contribution < -0.4 is 14.8 Å². The third kappa shape index (κ3) is 5.79. The van der Waals surface area contributed by atoms with Crippen molar-refractivity contribution in [3.63, 3.8) is 0 Å². The molecular formula is C21H23N3O5. The van der Waals surface area contributed by atoms with Gasteiger partial charge in [-0.05, 0) is 48.9 Å². The maximum absolute atomic E-state index is 12.6. The Balaban J connectivity index is 1.62. The summed E-state index contributed by atoms with van der Waals surface area (Å²) in [4.78, 5) is 16.7. The summed E-state index contributed by atoms with van der Waals surface area (Å²) in [5.41, 5.74) is 2.13. The standard InChI is InChI=1S/C21H23N3O5/c1-14-4-9-18(19(12-14)27-11-10-26-3)23-21(25)16-5-7-17(8-6-16)28-13-20-22-15(2)29-24-20/h4-9,12H,10-11,13H2,1-3H3,(H,23,25). The Hall–Kier alpha value is -3.39. The van der Waals surface area contributed by atoms with Gasteiger partial charge < -0.3 is 24.1 Å². The molecule has 29 heavy (non-hydrogen) atoms. The van der Waals surface area contributed by atoms with E-state index < -0.39 is 0 Å². The van der Waals surface area contributed by atoms with E-state index in [1.165, 1.54) is 0 Å². The van der Waals surface area contributed by atoms with Gasteiger partial charge in [0.1, 0.15) is 18.1 Å². The first-order valence-electron chi connectivity index (χ1n) is 9.11. The molecule has 3 rings (SSSR count). The number of benzene rings is 2. The molecule has 0 atom stereocenters. The van der Waals surface area contributed by atoms with Crippen LogP contribution in [0.2, 0.25) is 0 Å².